The molecule has 0 amide bonds. The van der Waals surface area contributed by atoms with Crippen LogP contribution in [0, 0.1) is 5.41 Å². The maximum Gasteiger partial charge on any atom is 0.306 e. The van der Waals surface area contributed by atoms with E-state index >= 15 is 0 Å². The van der Waals surface area contributed by atoms with E-state index in [9.17, 15) is 9.90 Å². The second kappa shape index (κ2) is 5.76. The molecule has 2 rings (SSSR count). The number of thioether (sulfide) groups is 1. The molecule has 0 aliphatic heterocycles. The molecule has 1 aliphatic rings. The zero-order valence-electron chi connectivity index (χ0n) is 10.5. The van der Waals surface area contributed by atoms with Gasteiger partial charge in [-0.3, -0.25) is 4.79 Å². The van der Waals surface area contributed by atoms with E-state index in [-0.39, 0.29) is 18.0 Å². The molecular formula is C14H18O3S. The lowest BCUT2D eigenvalue weighted by atomic mass is 10.1. The van der Waals surface area contributed by atoms with Crippen molar-refractivity contribution in [1.82, 2.24) is 0 Å². The standard InChI is InChI=1S/C14H18O3S/c1-17-13(16)8-14(6-7-14)10-18-12-5-3-2-4-11(12)9-15/h2-5,15H,6-10H2,1H3. The van der Waals surface area contributed by atoms with Crippen LogP contribution in [0.4, 0.5) is 0 Å². The van der Waals surface area contributed by atoms with Gasteiger partial charge in [-0.05, 0) is 29.9 Å². The maximum atomic E-state index is 11.3. The zero-order chi connectivity index (χ0) is 13.0. The van der Waals surface area contributed by atoms with Gasteiger partial charge >= 0.3 is 5.97 Å². The molecule has 1 fully saturated rings. The number of ether oxygens (including phenoxy) is 1. The van der Waals surface area contributed by atoms with E-state index in [0.29, 0.717) is 6.42 Å². The quantitative estimate of drug-likeness (QED) is 0.635. The van der Waals surface area contributed by atoms with E-state index in [1.54, 1.807) is 11.8 Å². The first-order valence-corrected chi connectivity index (χ1v) is 7.06. The first-order valence-electron chi connectivity index (χ1n) is 6.07. The van der Waals surface area contributed by atoms with Crippen LogP contribution in [0.1, 0.15) is 24.8 Å². The lowest BCUT2D eigenvalue weighted by Gasteiger charge is -2.14. The summed E-state index contributed by atoms with van der Waals surface area (Å²) in [6, 6.07) is 7.85. The van der Waals surface area contributed by atoms with Crippen LogP contribution in [0.3, 0.4) is 0 Å². The first-order chi connectivity index (χ1) is 8.69. The fourth-order valence-electron chi connectivity index (χ4n) is 1.93. The molecule has 98 valence electrons. The Hall–Kier alpha value is -1.00. The number of carbonyl (C=O) groups excluding carboxylic acids is 1. The molecule has 0 heterocycles. The van der Waals surface area contributed by atoms with Gasteiger partial charge < -0.3 is 9.84 Å². The largest absolute Gasteiger partial charge is 0.469 e. The van der Waals surface area contributed by atoms with Gasteiger partial charge in [-0.15, -0.1) is 11.8 Å². The third-order valence-electron chi connectivity index (χ3n) is 3.38. The summed E-state index contributed by atoms with van der Waals surface area (Å²) in [7, 11) is 1.44. The predicted molar refractivity (Wildman–Crippen MR) is 71.4 cm³/mol. The Bertz CT molecular complexity index is 427. The molecule has 0 spiro atoms. The van der Waals surface area contributed by atoms with Crippen LogP contribution in [0.15, 0.2) is 29.2 Å². The number of carbonyl (C=O) groups is 1. The third kappa shape index (κ3) is 3.27. The molecule has 1 N–H and O–H groups in total. The minimum absolute atomic E-state index is 0.0627. The lowest BCUT2D eigenvalue weighted by molar-refractivity contribution is -0.141. The highest BCUT2D eigenvalue weighted by molar-refractivity contribution is 7.99. The first kappa shape index (κ1) is 13.4. The molecule has 0 saturated heterocycles. The highest BCUT2D eigenvalue weighted by Gasteiger charge is 2.44. The summed E-state index contributed by atoms with van der Waals surface area (Å²) in [6.45, 7) is 0.0627. The Morgan fingerprint density at radius 3 is 2.78 bits per heavy atom. The van der Waals surface area contributed by atoms with Gasteiger partial charge in [0.05, 0.1) is 20.1 Å². The van der Waals surface area contributed by atoms with Gasteiger partial charge in [-0.1, -0.05) is 18.2 Å². The van der Waals surface area contributed by atoms with Crippen LogP contribution in [-0.4, -0.2) is 23.9 Å². The predicted octanol–water partition coefficient (Wildman–Crippen LogP) is 2.61. The van der Waals surface area contributed by atoms with E-state index in [0.717, 1.165) is 29.1 Å². The molecular weight excluding hydrogens is 248 g/mol. The number of aliphatic hydroxyl groups is 1. The molecule has 0 atom stereocenters. The van der Waals surface area contributed by atoms with Crippen molar-refractivity contribution in [2.24, 2.45) is 5.41 Å². The van der Waals surface area contributed by atoms with Crippen molar-refractivity contribution >= 4 is 17.7 Å². The summed E-state index contributed by atoms with van der Waals surface area (Å²) in [4.78, 5) is 12.4. The molecule has 18 heavy (non-hydrogen) atoms. The Morgan fingerprint density at radius 2 is 2.17 bits per heavy atom. The summed E-state index contributed by atoms with van der Waals surface area (Å²) in [5.74, 6) is 0.794. The van der Waals surface area contributed by atoms with Gasteiger partial charge in [0.15, 0.2) is 0 Å². The summed E-state index contributed by atoms with van der Waals surface area (Å²) >= 11 is 1.73. The number of hydrogen-bond acceptors (Lipinski definition) is 4. The van der Waals surface area contributed by atoms with Crippen molar-refractivity contribution in [2.45, 2.75) is 30.8 Å². The number of aliphatic hydroxyl groups excluding tert-OH is 1. The molecule has 0 bridgehead atoms. The van der Waals surface area contributed by atoms with Gasteiger partial charge in [0.25, 0.3) is 0 Å². The van der Waals surface area contributed by atoms with Crippen molar-refractivity contribution in [3.05, 3.63) is 29.8 Å². The third-order valence-corrected chi connectivity index (χ3v) is 4.85. The number of esters is 1. The van der Waals surface area contributed by atoms with Crippen LogP contribution in [0.5, 0.6) is 0 Å². The normalized spacial score (nSPS) is 16.3. The summed E-state index contributed by atoms with van der Waals surface area (Å²) in [6.07, 6.45) is 2.70. The fraction of sp³-hybridized carbons (Fsp3) is 0.500. The zero-order valence-corrected chi connectivity index (χ0v) is 11.3. The number of hydrogen-bond donors (Lipinski definition) is 1. The molecule has 0 unspecified atom stereocenters. The Labute approximate surface area is 112 Å². The number of methoxy groups -OCH3 is 1. The minimum atomic E-state index is -0.122. The van der Waals surface area contributed by atoms with Crippen molar-refractivity contribution in [3.8, 4) is 0 Å². The van der Waals surface area contributed by atoms with Crippen molar-refractivity contribution in [3.63, 3.8) is 0 Å². The molecule has 4 heteroatoms. The highest BCUT2D eigenvalue weighted by Crippen LogP contribution is 2.52. The Morgan fingerprint density at radius 1 is 1.44 bits per heavy atom. The van der Waals surface area contributed by atoms with Crippen molar-refractivity contribution < 1.29 is 14.6 Å². The lowest BCUT2D eigenvalue weighted by Crippen LogP contribution is -2.13. The number of benzene rings is 1. The van der Waals surface area contributed by atoms with E-state index < -0.39 is 0 Å². The van der Waals surface area contributed by atoms with Gasteiger partial charge in [-0.2, -0.15) is 0 Å². The summed E-state index contributed by atoms with van der Waals surface area (Å²) in [5.41, 5.74) is 1.08. The van der Waals surface area contributed by atoms with E-state index in [1.807, 2.05) is 24.3 Å². The van der Waals surface area contributed by atoms with Crippen LogP contribution in [0.25, 0.3) is 0 Å². The van der Waals surface area contributed by atoms with E-state index in [2.05, 4.69) is 0 Å². The molecule has 1 aliphatic carbocycles. The monoisotopic (exact) mass is 266 g/mol. The van der Waals surface area contributed by atoms with Gasteiger partial charge in [0, 0.05) is 10.6 Å². The average Bonchev–Trinajstić information content (AvgIpc) is 3.16. The average molecular weight is 266 g/mol. The highest BCUT2D eigenvalue weighted by atomic mass is 32.2. The van der Waals surface area contributed by atoms with E-state index in [1.165, 1.54) is 7.11 Å². The molecule has 3 nitrogen and oxygen atoms in total. The maximum absolute atomic E-state index is 11.3. The molecule has 0 aromatic heterocycles. The second-order valence-electron chi connectivity index (χ2n) is 4.81. The SMILES string of the molecule is COC(=O)CC1(CSc2ccccc2CO)CC1. The van der Waals surface area contributed by atoms with Crippen LogP contribution >= 0.6 is 11.8 Å². The Balaban J connectivity index is 1.93. The van der Waals surface area contributed by atoms with E-state index in [4.69, 9.17) is 4.74 Å². The van der Waals surface area contributed by atoms with Crippen LogP contribution in [-0.2, 0) is 16.1 Å². The summed E-state index contributed by atoms with van der Waals surface area (Å²) < 4.78 is 4.73. The minimum Gasteiger partial charge on any atom is -0.469 e. The van der Waals surface area contributed by atoms with Gasteiger partial charge in [0.1, 0.15) is 0 Å². The van der Waals surface area contributed by atoms with Crippen LogP contribution < -0.4 is 0 Å². The molecule has 0 radical (unpaired) electrons. The van der Waals surface area contributed by atoms with Crippen molar-refractivity contribution in [2.75, 3.05) is 12.9 Å². The molecule has 1 aromatic carbocycles. The fourth-order valence-corrected chi connectivity index (χ4v) is 3.28. The molecule has 1 aromatic rings. The van der Waals surface area contributed by atoms with Crippen molar-refractivity contribution in [1.29, 1.82) is 0 Å². The smallest absolute Gasteiger partial charge is 0.306 e. The Kier molecular flexibility index (Phi) is 4.30. The molecule has 1 saturated carbocycles. The van der Waals surface area contributed by atoms with Gasteiger partial charge in [0.2, 0.25) is 0 Å². The second-order valence-corrected chi connectivity index (χ2v) is 5.82. The number of rotatable bonds is 6. The van der Waals surface area contributed by atoms with Crippen LogP contribution in [0.2, 0.25) is 0 Å². The summed E-state index contributed by atoms with van der Waals surface area (Å²) in [5, 5.41) is 9.26. The van der Waals surface area contributed by atoms with Gasteiger partial charge in [-0.25, -0.2) is 0 Å². The topological polar surface area (TPSA) is 46.5 Å².